The molecule has 1 aliphatic carbocycles. The molecular formula is C37H32N2O4S. The van der Waals surface area contributed by atoms with Gasteiger partial charge in [0.25, 0.3) is 5.56 Å². The summed E-state index contributed by atoms with van der Waals surface area (Å²) < 4.78 is 20.1. The number of aromatic nitrogens is 1. The monoisotopic (exact) mass is 600 g/mol. The summed E-state index contributed by atoms with van der Waals surface area (Å²) in [6, 6.07) is 32.0. The quantitative estimate of drug-likeness (QED) is 0.210. The van der Waals surface area contributed by atoms with Gasteiger partial charge >= 0.3 is 0 Å². The van der Waals surface area contributed by atoms with Crippen LogP contribution in [0.15, 0.2) is 112 Å². The van der Waals surface area contributed by atoms with E-state index in [1.165, 1.54) is 16.9 Å². The number of rotatable bonds is 8. The Labute approximate surface area is 259 Å². The highest BCUT2D eigenvalue weighted by atomic mass is 32.1. The first-order valence-electron chi connectivity index (χ1n) is 14.8. The molecule has 0 bridgehead atoms. The highest BCUT2D eigenvalue weighted by Crippen LogP contribution is 2.41. The summed E-state index contributed by atoms with van der Waals surface area (Å²) in [7, 11) is 1.67. The summed E-state index contributed by atoms with van der Waals surface area (Å²) in [5.74, 6) is 2.07. The Morgan fingerprint density at radius 2 is 1.75 bits per heavy atom. The number of benzene rings is 4. The van der Waals surface area contributed by atoms with E-state index in [0.717, 1.165) is 52.1 Å². The molecule has 0 amide bonds. The topological polar surface area (TPSA) is 62.0 Å². The van der Waals surface area contributed by atoms with Crippen molar-refractivity contribution in [1.82, 2.24) is 4.57 Å². The van der Waals surface area contributed by atoms with Gasteiger partial charge in [-0.15, -0.1) is 0 Å². The fraction of sp³-hybridized carbons (Fsp3) is 0.189. The minimum absolute atomic E-state index is 0.0608. The molecule has 0 fully saturated rings. The van der Waals surface area contributed by atoms with Gasteiger partial charge in [0.15, 0.2) is 16.3 Å². The normalized spacial score (nSPS) is 15.6. The van der Waals surface area contributed by atoms with E-state index in [0.29, 0.717) is 34.0 Å². The molecule has 6 nitrogen and oxygen atoms in total. The Morgan fingerprint density at radius 1 is 0.909 bits per heavy atom. The molecule has 2 aliphatic rings. The third kappa shape index (κ3) is 5.24. The van der Waals surface area contributed by atoms with Crippen molar-refractivity contribution in [3.8, 4) is 17.2 Å². The number of hydrogen-bond acceptors (Lipinski definition) is 6. The molecule has 0 radical (unpaired) electrons. The summed E-state index contributed by atoms with van der Waals surface area (Å²) in [6.45, 7) is 2.89. The highest BCUT2D eigenvalue weighted by molar-refractivity contribution is 7.07. The van der Waals surface area contributed by atoms with Crippen LogP contribution >= 0.6 is 11.3 Å². The third-order valence-electron chi connectivity index (χ3n) is 8.09. The van der Waals surface area contributed by atoms with Crippen molar-refractivity contribution in [2.24, 2.45) is 4.99 Å². The first-order chi connectivity index (χ1) is 21.6. The molecule has 0 spiro atoms. The number of fused-ring (bicyclic) bond motifs is 3. The van der Waals surface area contributed by atoms with Crippen LogP contribution in [-0.4, -0.2) is 18.3 Å². The number of nitrogens with zero attached hydrogens (tertiary/aromatic N) is 2. The van der Waals surface area contributed by atoms with Gasteiger partial charge in [0, 0.05) is 5.56 Å². The van der Waals surface area contributed by atoms with E-state index in [9.17, 15) is 4.79 Å². The molecule has 220 valence electrons. The second kappa shape index (κ2) is 12.0. The fourth-order valence-corrected chi connectivity index (χ4v) is 7.02. The SMILES string of the molecule is CCOc1cc(C=c2sc3n(c2=O)[C@@H](c2cccc(OC)c2)C2=C(N=3)c3ccccc3CC2)ccc1OCc1ccccc1. The zero-order chi connectivity index (χ0) is 30.0. The third-order valence-corrected chi connectivity index (χ3v) is 9.07. The number of allylic oxidation sites excluding steroid dienone is 1. The summed E-state index contributed by atoms with van der Waals surface area (Å²) in [6.07, 6.45) is 3.67. The van der Waals surface area contributed by atoms with Crippen LogP contribution in [0.25, 0.3) is 11.8 Å². The molecule has 2 heterocycles. The van der Waals surface area contributed by atoms with Gasteiger partial charge in [0.1, 0.15) is 12.4 Å². The summed E-state index contributed by atoms with van der Waals surface area (Å²) >= 11 is 1.42. The van der Waals surface area contributed by atoms with Gasteiger partial charge in [0.05, 0.1) is 30.0 Å². The Balaban J connectivity index is 1.33. The average molecular weight is 601 g/mol. The van der Waals surface area contributed by atoms with E-state index < -0.39 is 0 Å². The van der Waals surface area contributed by atoms with Crippen molar-refractivity contribution in [3.63, 3.8) is 0 Å². The number of ether oxygens (including phenoxy) is 3. The molecule has 5 aromatic rings. The molecule has 0 saturated carbocycles. The highest BCUT2D eigenvalue weighted by Gasteiger charge is 2.32. The van der Waals surface area contributed by atoms with Crippen LogP contribution in [0.5, 0.6) is 17.2 Å². The lowest BCUT2D eigenvalue weighted by atomic mass is 9.83. The van der Waals surface area contributed by atoms with E-state index in [1.807, 2.05) is 84.3 Å². The average Bonchev–Trinajstić information content (AvgIpc) is 3.37. The molecule has 4 aromatic carbocycles. The summed E-state index contributed by atoms with van der Waals surface area (Å²) in [4.78, 5) is 20.0. The van der Waals surface area contributed by atoms with Gasteiger partial charge in [0.2, 0.25) is 0 Å². The van der Waals surface area contributed by atoms with Crippen LogP contribution in [0, 0.1) is 0 Å². The summed E-state index contributed by atoms with van der Waals surface area (Å²) in [5.41, 5.74) is 7.46. The molecule has 7 heteroatoms. The molecule has 0 unspecified atom stereocenters. The molecule has 0 N–H and O–H groups in total. The van der Waals surface area contributed by atoms with Crippen molar-refractivity contribution in [2.75, 3.05) is 13.7 Å². The number of thiazole rings is 1. The van der Waals surface area contributed by atoms with E-state index in [2.05, 4.69) is 30.3 Å². The number of aryl methyl sites for hydroxylation is 1. The van der Waals surface area contributed by atoms with E-state index >= 15 is 0 Å². The van der Waals surface area contributed by atoms with Crippen molar-refractivity contribution in [3.05, 3.63) is 150 Å². The maximum atomic E-state index is 14.2. The van der Waals surface area contributed by atoms with Crippen LogP contribution in [0.2, 0.25) is 0 Å². The van der Waals surface area contributed by atoms with Gasteiger partial charge in [-0.1, -0.05) is 84.1 Å². The number of methoxy groups -OCH3 is 1. The van der Waals surface area contributed by atoms with Crippen molar-refractivity contribution < 1.29 is 14.2 Å². The number of hydrogen-bond donors (Lipinski definition) is 0. The van der Waals surface area contributed by atoms with Crippen LogP contribution in [0.3, 0.4) is 0 Å². The first kappa shape index (κ1) is 27.9. The minimum Gasteiger partial charge on any atom is -0.497 e. The van der Waals surface area contributed by atoms with Gasteiger partial charge in [-0.05, 0) is 77.9 Å². The van der Waals surface area contributed by atoms with E-state index in [4.69, 9.17) is 19.2 Å². The zero-order valence-corrected chi connectivity index (χ0v) is 25.5. The van der Waals surface area contributed by atoms with Crippen LogP contribution in [0.4, 0.5) is 0 Å². The molecule has 1 aromatic heterocycles. The van der Waals surface area contributed by atoms with E-state index in [-0.39, 0.29) is 11.6 Å². The standard InChI is InChI=1S/C37H32N2O4S/c1-3-42-32-20-25(16-19-31(32)43-23-24-10-5-4-6-11-24)21-33-36(40)39-35(27-13-9-14-28(22-27)41-2)30-18-17-26-12-7-8-15-29(26)34(30)38-37(39)44-33/h4-16,19-22,35H,3,17-18,23H2,1-2H3/t35-/m0/s1. The Morgan fingerprint density at radius 3 is 2.59 bits per heavy atom. The molecule has 1 atom stereocenters. The fourth-order valence-electron chi connectivity index (χ4n) is 6.02. The van der Waals surface area contributed by atoms with Gasteiger partial charge in [-0.3, -0.25) is 9.36 Å². The Hall–Kier alpha value is -4.88. The van der Waals surface area contributed by atoms with Crippen LogP contribution in [-0.2, 0) is 13.0 Å². The molecular weight excluding hydrogens is 568 g/mol. The second-order valence-electron chi connectivity index (χ2n) is 10.8. The van der Waals surface area contributed by atoms with Crippen LogP contribution < -0.4 is 29.1 Å². The van der Waals surface area contributed by atoms with E-state index in [1.54, 1.807) is 7.11 Å². The summed E-state index contributed by atoms with van der Waals surface area (Å²) in [5, 5.41) is 0. The van der Waals surface area contributed by atoms with Crippen molar-refractivity contribution in [1.29, 1.82) is 0 Å². The lowest BCUT2D eigenvalue weighted by Crippen LogP contribution is -2.38. The molecule has 7 rings (SSSR count). The molecule has 0 saturated heterocycles. The smallest absolute Gasteiger partial charge is 0.271 e. The maximum absolute atomic E-state index is 14.2. The van der Waals surface area contributed by atoms with Gasteiger partial charge < -0.3 is 14.2 Å². The lowest BCUT2D eigenvalue weighted by molar-refractivity contribution is 0.269. The predicted octanol–water partition coefficient (Wildman–Crippen LogP) is 6.31. The maximum Gasteiger partial charge on any atom is 0.271 e. The largest absolute Gasteiger partial charge is 0.497 e. The Bertz CT molecular complexity index is 2060. The zero-order valence-electron chi connectivity index (χ0n) is 24.7. The lowest BCUT2D eigenvalue weighted by Gasteiger charge is -2.31. The second-order valence-corrected chi connectivity index (χ2v) is 11.8. The van der Waals surface area contributed by atoms with Gasteiger partial charge in [-0.25, -0.2) is 4.99 Å². The van der Waals surface area contributed by atoms with Crippen molar-refractivity contribution >= 4 is 23.1 Å². The molecule has 44 heavy (non-hydrogen) atoms. The van der Waals surface area contributed by atoms with Gasteiger partial charge in [-0.2, -0.15) is 0 Å². The van der Waals surface area contributed by atoms with Crippen LogP contribution in [0.1, 0.15) is 47.2 Å². The minimum atomic E-state index is -0.264. The first-order valence-corrected chi connectivity index (χ1v) is 15.6. The Kier molecular flexibility index (Phi) is 7.62. The van der Waals surface area contributed by atoms with Crippen molar-refractivity contribution in [2.45, 2.75) is 32.4 Å². The predicted molar refractivity (Wildman–Crippen MR) is 174 cm³/mol. The molecule has 1 aliphatic heterocycles.